The number of nitrogens with zero attached hydrogens (tertiary/aromatic N) is 3. The Bertz CT molecular complexity index is 1500. The number of aliphatic hydroxyl groups is 1. The smallest absolute Gasteiger partial charge is 0.240 e. The van der Waals surface area contributed by atoms with Gasteiger partial charge in [0, 0.05) is 30.8 Å². The van der Waals surface area contributed by atoms with Crippen LogP contribution in [-0.4, -0.2) is 40.1 Å². The Labute approximate surface area is 238 Å². The Morgan fingerprint density at radius 3 is 2.27 bits per heavy atom. The maximum Gasteiger partial charge on any atom is 0.240 e. The molecular weight excluding hydrogens is 548 g/mol. The minimum atomic E-state index is -3.60. The van der Waals surface area contributed by atoms with Gasteiger partial charge in [0.1, 0.15) is 6.33 Å². The third-order valence-electron chi connectivity index (χ3n) is 6.94. The lowest BCUT2D eigenvalue weighted by atomic mass is 9.91. The van der Waals surface area contributed by atoms with Gasteiger partial charge in [0.2, 0.25) is 10.0 Å². The first-order valence-electron chi connectivity index (χ1n) is 12.9. The van der Waals surface area contributed by atoms with E-state index in [0.29, 0.717) is 5.75 Å². The summed E-state index contributed by atoms with van der Waals surface area (Å²) in [6.07, 6.45) is 0.694. The molecule has 4 unspecified atom stereocenters. The summed E-state index contributed by atoms with van der Waals surface area (Å²) in [5, 5.41) is 18.4. The normalized spacial score (nSPS) is 21.4. The van der Waals surface area contributed by atoms with Crippen molar-refractivity contribution < 1.29 is 23.0 Å². The highest BCUT2D eigenvalue weighted by molar-refractivity contribution is 7.99. The van der Waals surface area contributed by atoms with Crippen molar-refractivity contribution in [1.82, 2.24) is 19.5 Å². The van der Waals surface area contributed by atoms with Crippen molar-refractivity contribution >= 4 is 21.8 Å². The standard InChI is InChI=1S/C29H32N4O5S2/c1-20-26(18-39-29-32-30-19-33(29)2)37-28(38-27(20)23-12-10-22(17-34)11-13-23)24-14-8-21(9-15-24)16-31-40(35,36)25-6-4-3-5-7-25/h3-15,19-20,26-28,31,34H,16-18H2,1-2H3. The second-order valence-corrected chi connectivity index (χ2v) is 12.5. The van der Waals surface area contributed by atoms with E-state index in [2.05, 4.69) is 21.8 Å². The Balaban J connectivity index is 1.32. The van der Waals surface area contributed by atoms with Gasteiger partial charge in [0.05, 0.1) is 23.7 Å². The first kappa shape index (κ1) is 28.5. The molecule has 210 valence electrons. The first-order chi connectivity index (χ1) is 19.3. The fraction of sp³-hybridized carbons (Fsp3) is 0.310. The minimum Gasteiger partial charge on any atom is -0.392 e. The van der Waals surface area contributed by atoms with Crippen LogP contribution in [0.5, 0.6) is 0 Å². The zero-order valence-corrected chi connectivity index (χ0v) is 23.9. The van der Waals surface area contributed by atoms with Gasteiger partial charge in [-0.3, -0.25) is 0 Å². The molecule has 0 bridgehead atoms. The van der Waals surface area contributed by atoms with E-state index in [-0.39, 0.29) is 36.2 Å². The highest BCUT2D eigenvalue weighted by atomic mass is 32.2. The van der Waals surface area contributed by atoms with Gasteiger partial charge >= 0.3 is 0 Å². The molecule has 1 saturated heterocycles. The molecule has 1 aromatic heterocycles. The van der Waals surface area contributed by atoms with Gasteiger partial charge in [-0.25, -0.2) is 13.1 Å². The Morgan fingerprint density at radius 1 is 0.950 bits per heavy atom. The molecule has 0 amide bonds. The van der Waals surface area contributed by atoms with E-state index in [1.54, 1.807) is 48.4 Å². The monoisotopic (exact) mass is 580 g/mol. The van der Waals surface area contributed by atoms with Crippen LogP contribution < -0.4 is 4.72 Å². The molecule has 5 rings (SSSR count). The predicted octanol–water partition coefficient (Wildman–Crippen LogP) is 4.37. The number of rotatable bonds is 10. The molecular formula is C29H32N4O5S2. The van der Waals surface area contributed by atoms with E-state index in [4.69, 9.17) is 9.47 Å². The second kappa shape index (κ2) is 12.6. The van der Waals surface area contributed by atoms with E-state index in [1.807, 2.05) is 60.1 Å². The van der Waals surface area contributed by atoms with Gasteiger partial charge in [-0.2, -0.15) is 0 Å². The van der Waals surface area contributed by atoms with Crippen LogP contribution in [0.3, 0.4) is 0 Å². The predicted molar refractivity (Wildman–Crippen MR) is 152 cm³/mol. The number of nitrogens with one attached hydrogen (secondary N) is 1. The van der Waals surface area contributed by atoms with Crippen molar-refractivity contribution in [2.45, 2.75) is 48.6 Å². The molecule has 3 aromatic carbocycles. The summed E-state index contributed by atoms with van der Waals surface area (Å²) < 4.78 is 42.7. The van der Waals surface area contributed by atoms with Crippen molar-refractivity contribution in [1.29, 1.82) is 0 Å². The largest absolute Gasteiger partial charge is 0.392 e. The number of aromatic nitrogens is 3. The van der Waals surface area contributed by atoms with Gasteiger partial charge < -0.3 is 19.1 Å². The molecule has 0 aliphatic carbocycles. The summed E-state index contributed by atoms with van der Waals surface area (Å²) in [6.45, 7) is 2.26. The van der Waals surface area contributed by atoms with Gasteiger partial charge in [-0.05, 0) is 28.8 Å². The molecule has 0 saturated carbocycles. The van der Waals surface area contributed by atoms with Crippen molar-refractivity contribution in [3.63, 3.8) is 0 Å². The summed E-state index contributed by atoms with van der Waals surface area (Å²) >= 11 is 1.58. The van der Waals surface area contributed by atoms with E-state index >= 15 is 0 Å². The fourth-order valence-electron chi connectivity index (χ4n) is 4.52. The van der Waals surface area contributed by atoms with Crippen molar-refractivity contribution in [3.8, 4) is 0 Å². The molecule has 2 N–H and O–H groups in total. The summed E-state index contributed by atoms with van der Waals surface area (Å²) in [7, 11) is -1.69. The molecule has 0 radical (unpaired) electrons. The van der Waals surface area contributed by atoms with Crippen LogP contribution in [0.25, 0.3) is 0 Å². The van der Waals surface area contributed by atoms with Crippen LogP contribution in [0.4, 0.5) is 0 Å². The zero-order valence-electron chi connectivity index (χ0n) is 22.3. The van der Waals surface area contributed by atoms with Crippen molar-refractivity contribution in [2.24, 2.45) is 13.0 Å². The van der Waals surface area contributed by atoms with Crippen LogP contribution in [0.2, 0.25) is 0 Å². The molecule has 4 aromatic rings. The minimum absolute atomic E-state index is 0.0160. The molecule has 4 atom stereocenters. The first-order valence-corrected chi connectivity index (χ1v) is 15.4. The number of ether oxygens (including phenoxy) is 2. The Hall–Kier alpha value is -3.06. The van der Waals surface area contributed by atoms with Crippen LogP contribution in [0, 0.1) is 5.92 Å². The van der Waals surface area contributed by atoms with E-state index in [1.165, 1.54) is 0 Å². The summed E-state index contributed by atoms with van der Waals surface area (Å²) in [4.78, 5) is 0.230. The molecule has 1 aliphatic rings. The van der Waals surface area contributed by atoms with Gasteiger partial charge in [-0.15, -0.1) is 10.2 Å². The number of hydrogen-bond donors (Lipinski definition) is 2. The highest BCUT2D eigenvalue weighted by Gasteiger charge is 2.38. The third kappa shape index (κ3) is 6.63. The lowest BCUT2D eigenvalue weighted by molar-refractivity contribution is -0.268. The average molecular weight is 581 g/mol. The number of aliphatic hydroxyl groups excluding tert-OH is 1. The maximum atomic E-state index is 12.6. The van der Waals surface area contributed by atoms with Crippen LogP contribution in [0.15, 0.2) is 95.2 Å². The number of aryl methyl sites for hydroxylation is 1. The maximum absolute atomic E-state index is 12.6. The van der Waals surface area contributed by atoms with Crippen LogP contribution in [-0.2, 0) is 39.7 Å². The molecule has 0 spiro atoms. The summed E-state index contributed by atoms with van der Waals surface area (Å²) in [5.41, 5.74) is 3.51. The zero-order chi connectivity index (χ0) is 28.1. The Kier molecular flexibility index (Phi) is 8.99. The SMILES string of the molecule is CC1C(CSc2nncn2C)OC(c2ccc(CNS(=O)(=O)c3ccccc3)cc2)OC1c1ccc(CO)cc1. The van der Waals surface area contributed by atoms with Gasteiger partial charge in [-0.1, -0.05) is 85.4 Å². The third-order valence-corrected chi connectivity index (χ3v) is 9.48. The number of sulfonamides is 1. The van der Waals surface area contributed by atoms with Crippen LogP contribution in [0.1, 0.15) is 41.6 Å². The lowest BCUT2D eigenvalue weighted by Crippen LogP contribution is -2.38. The number of thioether (sulfide) groups is 1. The summed E-state index contributed by atoms with van der Waals surface area (Å²) in [6, 6.07) is 23.7. The highest BCUT2D eigenvalue weighted by Crippen LogP contribution is 2.42. The molecule has 1 aliphatic heterocycles. The topological polar surface area (TPSA) is 116 Å². The molecule has 1 fully saturated rings. The average Bonchev–Trinajstić information content (AvgIpc) is 3.40. The molecule has 2 heterocycles. The van der Waals surface area contributed by atoms with Gasteiger partial charge in [0.15, 0.2) is 11.4 Å². The summed E-state index contributed by atoms with van der Waals surface area (Å²) in [5.74, 6) is 0.710. The van der Waals surface area contributed by atoms with Crippen molar-refractivity contribution in [3.05, 3.63) is 107 Å². The second-order valence-electron chi connectivity index (χ2n) is 9.74. The van der Waals surface area contributed by atoms with Crippen LogP contribution >= 0.6 is 11.8 Å². The molecule has 40 heavy (non-hydrogen) atoms. The fourth-order valence-corrected chi connectivity index (χ4v) is 6.61. The lowest BCUT2D eigenvalue weighted by Gasteiger charge is -2.41. The van der Waals surface area contributed by atoms with Crippen molar-refractivity contribution in [2.75, 3.05) is 5.75 Å². The quantitative estimate of drug-likeness (QED) is 0.266. The Morgan fingerprint density at radius 2 is 1.62 bits per heavy atom. The van der Waals surface area contributed by atoms with Gasteiger partial charge in [0.25, 0.3) is 0 Å². The molecule has 9 nitrogen and oxygen atoms in total. The molecule has 11 heteroatoms. The van der Waals surface area contributed by atoms with E-state index in [9.17, 15) is 13.5 Å². The van der Waals surface area contributed by atoms with E-state index < -0.39 is 16.3 Å². The van der Waals surface area contributed by atoms with E-state index in [0.717, 1.165) is 27.4 Å². The number of hydrogen-bond acceptors (Lipinski definition) is 8. The number of benzene rings is 3.